The summed E-state index contributed by atoms with van der Waals surface area (Å²) in [6, 6.07) is -0.219. The Kier molecular flexibility index (Phi) is 5.21. The van der Waals surface area contributed by atoms with Crippen LogP contribution in [0.5, 0.6) is 0 Å². The van der Waals surface area contributed by atoms with E-state index in [1.54, 1.807) is 23.2 Å². The van der Waals surface area contributed by atoms with E-state index in [1.165, 1.54) is 0 Å². The molecule has 0 aromatic carbocycles. The standard InChI is InChI=1S/C10H17N5O/c1-3-4-12-10(16)9(2)11-5-7-15-8-6-13-14-15/h3,6,8-9,11H,1,4-5,7H2,2H3,(H,12,16). The summed E-state index contributed by atoms with van der Waals surface area (Å²) < 4.78 is 1.71. The fraction of sp³-hybridized carbons (Fsp3) is 0.500. The van der Waals surface area contributed by atoms with Crippen molar-refractivity contribution in [3.63, 3.8) is 0 Å². The van der Waals surface area contributed by atoms with Crippen LogP contribution in [0.25, 0.3) is 0 Å². The summed E-state index contributed by atoms with van der Waals surface area (Å²) in [6.45, 7) is 7.21. The van der Waals surface area contributed by atoms with Gasteiger partial charge in [0.2, 0.25) is 5.91 Å². The fourth-order valence-corrected chi connectivity index (χ4v) is 1.17. The second-order valence-corrected chi connectivity index (χ2v) is 3.38. The summed E-state index contributed by atoms with van der Waals surface area (Å²) in [7, 11) is 0. The maximum absolute atomic E-state index is 11.4. The van der Waals surface area contributed by atoms with Crippen LogP contribution < -0.4 is 10.6 Å². The summed E-state index contributed by atoms with van der Waals surface area (Å²) in [5.41, 5.74) is 0. The predicted octanol–water partition coefficient (Wildman–Crippen LogP) is -0.442. The molecule has 0 saturated carbocycles. The molecule has 0 aliphatic rings. The van der Waals surface area contributed by atoms with Gasteiger partial charge in [-0.15, -0.1) is 11.7 Å². The highest BCUT2D eigenvalue weighted by atomic mass is 16.2. The van der Waals surface area contributed by atoms with E-state index < -0.39 is 0 Å². The van der Waals surface area contributed by atoms with Crippen LogP contribution in [0.1, 0.15) is 6.92 Å². The number of nitrogens with one attached hydrogen (secondary N) is 2. The molecular formula is C10H17N5O. The average Bonchev–Trinajstić information content (AvgIpc) is 2.78. The second-order valence-electron chi connectivity index (χ2n) is 3.38. The SMILES string of the molecule is C=CCNC(=O)C(C)NCCn1ccnn1. The van der Waals surface area contributed by atoms with Crippen molar-refractivity contribution in [1.82, 2.24) is 25.6 Å². The molecule has 0 radical (unpaired) electrons. The molecular weight excluding hydrogens is 206 g/mol. The van der Waals surface area contributed by atoms with E-state index in [2.05, 4.69) is 27.5 Å². The van der Waals surface area contributed by atoms with Crippen LogP contribution >= 0.6 is 0 Å². The topological polar surface area (TPSA) is 71.8 Å². The average molecular weight is 223 g/mol. The van der Waals surface area contributed by atoms with E-state index in [0.29, 0.717) is 19.6 Å². The number of carbonyl (C=O) groups is 1. The molecule has 0 aliphatic heterocycles. The molecule has 1 atom stereocenters. The zero-order valence-electron chi connectivity index (χ0n) is 9.39. The van der Waals surface area contributed by atoms with Gasteiger partial charge in [-0.3, -0.25) is 9.48 Å². The van der Waals surface area contributed by atoms with Gasteiger partial charge >= 0.3 is 0 Å². The maximum Gasteiger partial charge on any atom is 0.237 e. The Hall–Kier alpha value is -1.69. The van der Waals surface area contributed by atoms with Crippen LogP contribution in [0.2, 0.25) is 0 Å². The third kappa shape index (κ3) is 4.22. The van der Waals surface area contributed by atoms with E-state index >= 15 is 0 Å². The molecule has 0 fully saturated rings. The van der Waals surface area contributed by atoms with Crippen molar-refractivity contribution in [3.05, 3.63) is 25.0 Å². The van der Waals surface area contributed by atoms with Crippen molar-refractivity contribution < 1.29 is 4.79 Å². The molecule has 0 saturated heterocycles. The first-order valence-corrected chi connectivity index (χ1v) is 5.20. The molecule has 1 aromatic heterocycles. The molecule has 0 bridgehead atoms. The molecule has 1 heterocycles. The minimum absolute atomic E-state index is 0.0292. The molecule has 6 nitrogen and oxygen atoms in total. The number of nitrogens with zero attached hydrogens (tertiary/aromatic N) is 3. The number of hydrogen-bond acceptors (Lipinski definition) is 4. The fourth-order valence-electron chi connectivity index (χ4n) is 1.17. The first-order chi connectivity index (χ1) is 7.74. The lowest BCUT2D eigenvalue weighted by Crippen LogP contribution is -2.43. The van der Waals surface area contributed by atoms with Crippen molar-refractivity contribution in [2.45, 2.75) is 19.5 Å². The smallest absolute Gasteiger partial charge is 0.237 e. The van der Waals surface area contributed by atoms with Gasteiger partial charge in [-0.1, -0.05) is 11.3 Å². The number of aromatic nitrogens is 3. The van der Waals surface area contributed by atoms with Crippen LogP contribution in [0.4, 0.5) is 0 Å². The molecule has 2 N–H and O–H groups in total. The van der Waals surface area contributed by atoms with Gasteiger partial charge in [-0.25, -0.2) is 0 Å². The summed E-state index contributed by atoms with van der Waals surface area (Å²) in [5, 5.41) is 13.3. The molecule has 1 rings (SSSR count). The molecule has 88 valence electrons. The third-order valence-corrected chi connectivity index (χ3v) is 2.08. The van der Waals surface area contributed by atoms with Gasteiger partial charge in [0.15, 0.2) is 0 Å². The van der Waals surface area contributed by atoms with Crippen molar-refractivity contribution in [2.24, 2.45) is 0 Å². The monoisotopic (exact) mass is 223 g/mol. The molecule has 1 unspecified atom stereocenters. The van der Waals surface area contributed by atoms with Gasteiger partial charge in [0.1, 0.15) is 0 Å². The lowest BCUT2D eigenvalue weighted by Gasteiger charge is -2.12. The number of amides is 1. The zero-order valence-corrected chi connectivity index (χ0v) is 9.39. The van der Waals surface area contributed by atoms with E-state index in [4.69, 9.17) is 0 Å². The van der Waals surface area contributed by atoms with Gasteiger partial charge in [-0.05, 0) is 6.92 Å². The summed E-state index contributed by atoms with van der Waals surface area (Å²) in [6.07, 6.45) is 5.06. The highest BCUT2D eigenvalue weighted by Gasteiger charge is 2.09. The first kappa shape index (κ1) is 12.4. The van der Waals surface area contributed by atoms with Crippen molar-refractivity contribution >= 4 is 5.91 Å². The van der Waals surface area contributed by atoms with Gasteiger partial charge in [-0.2, -0.15) is 0 Å². The minimum Gasteiger partial charge on any atom is -0.351 e. The quantitative estimate of drug-likeness (QED) is 0.615. The maximum atomic E-state index is 11.4. The highest BCUT2D eigenvalue weighted by molar-refractivity contribution is 5.81. The highest BCUT2D eigenvalue weighted by Crippen LogP contribution is 1.84. The Morgan fingerprint density at radius 1 is 1.69 bits per heavy atom. The lowest BCUT2D eigenvalue weighted by molar-refractivity contribution is -0.122. The van der Waals surface area contributed by atoms with Gasteiger partial charge in [0, 0.05) is 19.3 Å². The zero-order chi connectivity index (χ0) is 11.8. The Bertz CT molecular complexity index is 322. The van der Waals surface area contributed by atoms with Crippen molar-refractivity contribution in [1.29, 1.82) is 0 Å². The third-order valence-electron chi connectivity index (χ3n) is 2.08. The van der Waals surface area contributed by atoms with E-state index in [1.807, 2.05) is 6.92 Å². The van der Waals surface area contributed by atoms with Crippen LogP contribution in [-0.4, -0.2) is 40.0 Å². The van der Waals surface area contributed by atoms with Crippen LogP contribution in [0.15, 0.2) is 25.0 Å². The summed E-state index contributed by atoms with van der Waals surface area (Å²) >= 11 is 0. The largest absolute Gasteiger partial charge is 0.351 e. The van der Waals surface area contributed by atoms with Crippen LogP contribution in [0, 0.1) is 0 Å². The number of carbonyl (C=O) groups excluding carboxylic acids is 1. The van der Waals surface area contributed by atoms with E-state index in [-0.39, 0.29) is 11.9 Å². The Labute approximate surface area is 94.7 Å². The Morgan fingerprint density at radius 3 is 3.12 bits per heavy atom. The second kappa shape index (κ2) is 6.73. The van der Waals surface area contributed by atoms with Crippen molar-refractivity contribution in [3.8, 4) is 0 Å². The van der Waals surface area contributed by atoms with Gasteiger partial charge < -0.3 is 10.6 Å². The molecule has 0 spiro atoms. The van der Waals surface area contributed by atoms with E-state index in [0.717, 1.165) is 0 Å². The molecule has 0 aliphatic carbocycles. The molecule has 1 amide bonds. The minimum atomic E-state index is -0.219. The summed E-state index contributed by atoms with van der Waals surface area (Å²) in [5.74, 6) is -0.0292. The molecule has 16 heavy (non-hydrogen) atoms. The number of hydrogen-bond donors (Lipinski definition) is 2. The normalized spacial score (nSPS) is 12.1. The van der Waals surface area contributed by atoms with Crippen LogP contribution in [-0.2, 0) is 11.3 Å². The lowest BCUT2D eigenvalue weighted by atomic mass is 10.3. The number of rotatable bonds is 7. The molecule has 1 aromatic rings. The van der Waals surface area contributed by atoms with Crippen molar-refractivity contribution in [2.75, 3.05) is 13.1 Å². The Morgan fingerprint density at radius 2 is 2.50 bits per heavy atom. The predicted molar refractivity (Wildman–Crippen MR) is 60.7 cm³/mol. The molecule has 6 heteroatoms. The van der Waals surface area contributed by atoms with Gasteiger partial charge in [0.25, 0.3) is 0 Å². The summed E-state index contributed by atoms with van der Waals surface area (Å²) in [4.78, 5) is 11.4. The van der Waals surface area contributed by atoms with Gasteiger partial charge in [0.05, 0.1) is 18.8 Å². The first-order valence-electron chi connectivity index (χ1n) is 5.20. The Balaban J connectivity index is 2.16. The van der Waals surface area contributed by atoms with Crippen LogP contribution in [0.3, 0.4) is 0 Å². The van der Waals surface area contributed by atoms with E-state index in [9.17, 15) is 4.79 Å².